The number of likely N-dealkylation sites (tertiary alicyclic amines) is 1. The second kappa shape index (κ2) is 6.55. The van der Waals surface area contributed by atoms with E-state index in [-0.39, 0.29) is 17.7 Å². The number of rotatable bonds is 3. The van der Waals surface area contributed by atoms with Gasteiger partial charge in [0.25, 0.3) is 0 Å². The Hall–Kier alpha value is -2.12. The zero-order valence-corrected chi connectivity index (χ0v) is 12.9. The second-order valence-electron chi connectivity index (χ2n) is 5.71. The third kappa shape index (κ3) is 4.43. The third-order valence-corrected chi connectivity index (χ3v) is 4.11. The van der Waals surface area contributed by atoms with Crippen molar-refractivity contribution in [2.45, 2.75) is 25.7 Å². The van der Waals surface area contributed by atoms with Crippen LogP contribution in [0.1, 0.15) is 13.3 Å². The van der Waals surface area contributed by atoms with Crippen molar-refractivity contribution >= 4 is 11.8 Å². The number of hydrogen-bond donors (Lipinski definition) is 1. The molecular weight excluding hydrogens is 313 g/mol. The number of halogens is 3. The van der Waals surface area contributed by atoms with E-state index in [1.54, 1.807) is 12.1 Å². The molecule has 0 unspecified atom stereocenters. The van der Waals surface area contributed by atoms with Gasteiger partial charge in [-0.1, -0.05) is 6.92 Å². The van der Waals surface area contributed by atoms with Gasteiger partial charge >= 0.3 is 12.5 Å². The molecule has 2 rings (SSSR count). The van der Waals surface area contributed by atoms with E-state index in [0.717, 1.165) is 5.69 Å². The Bertz CT molecular complexity index is 548. The molecule has 0 aromatic heterocycles. The minimum absolute atomic E-state index is 0.121. The molecule has 1 aliphatic heterocycles. The molecule has 0 saturated carbocycles. The number of benzene rings is 1. The molecule has 1 aromatic rings. The predicted octanol–water partition coefficient (Wildman–Crippen LogP) is 3.41. The molecule has 2 atom stereocenters. The van der Waals surface area contributed by atoms with Crippen molar-refractivity contribution in [1.82, 2.24) is 4.90 Å². The van der Waals surface area contributed by atoms with Crippen LogP contribution in [0.15, 0.2) is 24.3 Å². The van der Waals surface area contributed by atoms with Gasteiger partial charge in [0.1, 0.15) is 5.75 Å². The van der Waals surface area contributed by atoms with Gasteiger partial charge in [-0.05, 0) is 36.6 Å². The summed E-state index contributed by atoms with van der Waals surface area (Å²) < 4.78 is 40.3. The maximum atomic E-state index is 12.2. The maximum Gasteiger partial charge on any atom is 0.573 e. The standard InChI is InChI=1S/C15H19F3N2O3/c1-10-9-20(14(21)22)8-7-13(10)19(2)11-3-5-12(6-4-11)23-15(16,17)18/h3-6,10,13H,7-9H2,1-2H3,(H,21,22)/t10-,13+/m1/s1. The van der Waals surface area contributed by atoms with Gasteiger partial charge in [0.05, 0.1) is 0 Å². The number of carboxylic acid groups (broad SMARTS) is 1. The summed E-state index contributed by atoms with van der Waals surface area (Å²) in [5, 5.41) is 9.03. The summed E-state index contributed by atoms with van der Waals surface area (Å²) in [6.07, 6.45) is -4.96. The molecule has 1 saturated heterocycles. The van der Waals surface area contributed by atoms with Crippen LogP contribution in [0.25, 0.3) is 0 Å². The fourth-order valence-corrected chi connectivity index (χ4v) is 2.96. The first-order valence-electron chi connectivity index (χ1n) is 7.24. The van der Waals surface area contributed by atoms with Gasteiger partial charge in [0.2, 0.25) is 0 Å². The predicted molar refractivity (Wildman–Crippen MR) is 78.7 cm³/mol. The van der Waals surface area contributed by atoms with Gasteiger partial charge in [-0.3, -0.25) is 0 Å². The highest BCUT2D eigenvalue weighted by atomic mass is 19.4. The van der Waals surface area contributed by atoms with Crippen LogP contribution in [0.4, 0.5) is 23.7 Å². The van der Waals surface area contributed by atoms with Crippen LogP contribution in [0.5, 0.6) is 5.75 Å². The van der Waals surface area contributed by atoms with E-state index in [1.807, 2.05) is 18.9 Å². The molecule has 1 N–H and O–H groups in total. The van der Waals surface area contributed by atoms with Crippen LogP contribution in [-0.2, 0) is 0 Å². The van der Waals surface area contributed by atoms with Crippen molar-refractivity contribution < 1.29 is 27.8 Å². The SMILES string of the molecule is C[C@@H]1CN(C(=O)O)CC[C@@H]1N(C)c1ccc(OC(F)(F)F)cc1. The number of amides is 1. The molecule has 8 heteroatoms. The van der Waals surface area contributed by atoms with Crippen LogP contribution < -0.4 is 9.64 Å². The molecule has 0 aliphatic carbocycles. The highest BCUT2D eigenvalue weighted by Gasteiger charge is 2.32. The average molecular weight is 332 g/mol. The highest BCUT2D eigenvalue weighted by molar-refractivity contribution is 5.65. The second-order valence-corrected chi connectivity index (χ2v) is 5.71. The molecule has 23 heavy (non-hydrogen) atoms. The normalized spacial score (nSPS) is 21.9. The zero-order valence-electron chi connectivity index (χ0n) is 12.9. The van der Waals surface area contributed by atoms with Gasteiger partial charge < -0.3 is 19.6 Å². The van der Waals surface area contributed by atoms with E-state index in [4.69, 9.17) is 5.11 Å². The van der Waals surface area contributed by atoms with Crippen molar-refractivity contribution in [3.05, 3.63) is 24.3 Å². The van der Waals surface area contributed by atoms with E-state index in [2.05, 4.69) is 4.74 Å². The molecular formula is C15H19F3N2O3. The fraction of sp³-hybridized carbons (Fsp3) is 0.533. The van der Waals surface area contributed by atoms with Crippen LogP contribution in [0, 0.1) is 5.92 Å². The molecule has 5 nitrogen and oxygen atoms in total. The summed E-state index contributed by atoms with van der Waals surface area (Å²) in [6, 6.07) is 5.81. The molecule has 0 spiro atoms. The molecule has 0 bridgehead atoms. The van der Waals surface area contributed by atoms with Gasteiger partial charge in [-0.15, -0.1) is 13.2 Å². The Balaban J connectivity index is 2.03. The average Bonchev–Trinajstić information content (AvgIpc) is 2.45. The van der Waals surface area contributed by atoms with Crippen LogP contribution >= 0.6 is 0 Å². The highest BCUT2D eigenvalue weighted by Crippen LogP contribution is 2.29. The lowest BCUT2D eigenvalue weighted by Gasteiger charge is -2.41. The molecule has 1 fully saturated rings. The summed E-state index contributed by atoms with van der Waals surface area (Å²) in [6.45, 7) is 2.86. The van der Waals surface area contributed by atoms with Crippen molar-refractivity contribution in [3.63, 3.8) is 0 Å². The molecule has 1 aliphatic rings. The molecule has 0 radical (unpaired) electrons. The first-order chi connectivity index (χ1) is 10.7. The summed E-state index contributed by atoms with van der Waals surface area (Å²) in [4.78, 5) is 14.4. The van der Waals surface area contributed by atoms with Gasteiger partial charge in [0.15, 0.2) is 0 Å². The lowest BCUT2D eigenvalue weighted by atomic mass is 9.92. The van der Waals surface area contributed by atoms with Crippen molar-refractivity contribution in [1.29, 1.82) is 0 Å². The van der Waals surface area contributed by atoms with E-state index >= 15 is 0 Å². The lowest BCUT2D eigenvalue weighted by Crippen LogP contribution is -2.50. The van der Waals surface area contributed by atoms with E-state index in [9.17, 15) is 18.0 Å². The van der Waals surface area contributed by atoms with E-state index in [0.29, 0.717) is 19.5 Å². The fourth-order valence-electron chi connectivity index (χ4n) is 2.96. The van der Waals surface area contributed by atoms with Crippen LogP contribution in [-0.4, -0.2) is 48.6 Å². The van der Waals surface area contributed by atoms with Crippen molar-refractivity contribution in [2.24, 2.45) is 5.92 Å². The van der Waals surface area contributed by atoms with Gasteiger partial charge in [-0.2, -0.15) is 0 Å². The summed E-state index contributed by atoms with van der Waals surface area (Å²) in [7, 11) is 1.86. The minimum atomic E-state index is -4.70. The summed E-state index contributed by atoms with van der Waals surface area (Å²) in [5.74, 6) is -0.139. The summed E-state index contributed by atoms with van der Waals surface area (Å²) >= 11 is 0. The molecule has 1 amide bonds. The van der Waals surface area contributed by atoms with E-state index in [1.165, 1.54) is 17.0 Å². The van der Waals surface area contributed by atoms with Crippen LogP contribution in [0.2, 0.25) is 0 Å². The number of carbonyl (C=O) groups is 1. The largest absolute Gasteiger partial charge is 0.573 e. The van der Waals surface area contributed by atoms with Crippen LogP contribution in [0.3, 0.4) is 0 Å². The number of ether oxygens (including phenoxy) is 1. The molecule has 1 aromatic carbocycles. The van der Waals surface area contributed by atoms with Gasteiger partial charge in [-0.25, -0.2) is 4.79 Å². The monoisotopic (exact) mass is 332 g/mol. The first kappa shape index (κ1) is 17.2. The smallest absolute Gasteiger partial charge is 0.465 e. The number of anilines is 1. The molecule has 128 valence electrons. The van der Waals surface area contributed by atoms with E-state index < -0.39 is 12.5 Å². The Labute approximate surface area is 132 Å². The number of nitrogens with zero attached hydrogens (tertiary/aromatic N) is 2. The number of alkyl halides is 3. The van der Waals surface area contributed by atoms with Gasteiger partial charge in [0, 0.05) is 31.9 Å². The molecule has 1 heterocycles. The van der Waals surface area contributed by atoms with Crippen molar-refractivity contribution in [2.75, 3.05) is 25.0 Å². The first-order valence-corrected chi connectivity index (χ1v) is 7.24. The minimum Gasteiger partial charge on any atom is -0.465 e. The quantitative estimate of drug-likeness (QED) is 0.922. The Kier molecular flexibility index (Phi) is 4.91. The van der Waals surface area contributed by atoms with Crippen molar-refractivity contribution in [3.8, 4) is 5.75 Å². The Morgan fingerprint density at radius 2 is 1.96 bits per heavy atom. The third-order valence-electron chi connectivity index (χ3n) is 4.11. The Morgan fingerprint density at radius 1 is 1.35 bits per heavy atom. The number of hydrogen-bond acceptors (Lipinski definition) is 3. The summed E-state index contributed by atoms with van der Waals surface area (Å²) in [5.41, 5.74) is 0.764. The topological polar surface area (TPSA) is 53.0 Å². The lowest BCUT2D eigenvalue weighted by molar-refractivity contribution is -0.274. The Morgan fingerprint density at radius 3 is 2.43 bits per heavy atom. The zero-order chi connectivity index (χ0) is 17.2. The maximum absolute atomic E-state index is 12.2. The number of piperidine rings is 1.